The lowest BCUT2D eigenvalue weighted by Crippen LogP contribution is -2.34. The Hall–Kier alpha value is -0.770. The molecule has 0 rings (SSSR count). The van der Waals surface area contributed by atoms with Crippen LogP contribution in [-0.4, -0.2) is 25.2 Å². The summed E-state index contributed by atoms with van der Waals surface area (Å²) in [6, 6.07) is 0.163. The van der Waals surface area contributed by atoms with Crippen LogP contribution in [0.2, 0.25) is 0 Å². The second-order valence-electron chi connectivity index (χ2n) is 3.11. The Morgan fingerprint density at radius 3 is 2.38 bits per heavy atom. The normalized spacial score (nSPS) is 10.4. The third-order valence-electron chi connectivity index (χ3n) is 2.07. The molecule has 0 saturated carbocycles. The van der Waals surface area contributed by atoms with Gasteiger partial charge in [0.2, 0.25) is 0 Å². The van der Waals surface area contributed by atoms with Gasteiger partial charge in [-0.3, -0.25) is 0 Å². The molecule has 0 saturated heterocycles. The molecule has 0 aliphatic heterocycles. The topological polar surface area (TPSA) is 67.2 Å². The molecule has 0 heterocycles. The fourth-order valence-corrected chi connectivity index (χ4v) is 1.18. The lowest BCUT2D eigenvalue weighted by atomic mass is 10.2. The first kappa shape index (κ1) is 12.2. The molecule has 4 nitrogen and oxygen atoms in total. The average molecular weight is 187 g/mol. The van der Waals surface area contributed by atoms with E-state index in [-0.39, 0.29) is 0 Å². The second-order valence-corrected chi connectivity index (χ2v) is 3.11. The molecule has 4 heteroatoms. The molecule has 0 aliphatic carbocycles. The van der Waals surface area contributed by atoms with Crippen LogP contribution < -0.4 is 16.4 Å². The Labute approximate surface area is 80.3 Å². The molecule has 0 aromatic rings. The molecule has 0 fully saturated rings. The second kappa shape index (κ2) is 7.86. The van der Waals surface area contributed by atoms with E-state index in [2.05, 4.69) is 24.5 Å². The molecule has 0 aromatic carbocycles. The smallest absolute Gasteiger partial charge is 0.312 e. The van der Waals surface area contributed by atoms with Crippen molar-refractivity contribution in [3.05, 3.63) is 0 Å². The molecular weight excluding hydrogens is 166 g/mol. The van der Waals surface area contributed by atoms with Crippen molar-refractivity contribution in [1.29, 1.82) is 0 Å². The maximum absolute atomic E-state index is 10.3. The molecule has 0 unspecified atom stereocenters. The number of hydrogen-bond donors (Lipinski definition) is 3. The van der Waals surface area contributed by atoms with Gasteiger partial charge >= 0.3 is 6.03 Å². The van der Waals surface area contributed by atoms with Crippen LogP contribution in [0.15, 0.2) is 0 Å². The number of rotatable bonds is 7. The molecule has 0 spiro atoms. The van der Waals surface area contributed by atoms with Gasteiger partial charge in [0.1, 0.15) is 0 Å². The summed E-state index contributed by atoms with van der Waals surface area (Å²) >= 11 is 0. The number of nitrogens with one attached hydrogen (secondary N) is 2. The number of amides is 2. The van der Waals surface area contributed by atoms with E-state index in [4.69, 9.17) is 5.73 Å². The summed E-state index contributed by atoms with van der Waals surface area (Å²) in [5, 5.41) is 5.95. The highest BCUT2D eigenvalue weighted by molar-refractivity contribution is 5.71. The summed E-state index contributed by atoms with van der Waals surface area (Å²) in [6.45, 7) is 5.93. The van der Waals surface area contributed by atoms with Crippen molar-refractivity contribution in [2.45, 2.75) is 39.2 Å². The van der Waals surface area contributed by atoms with Crippen molar-refractivity contribution >= 4 is 6.03 Å². The largest absolute Gasteiger partial charge is 0.352 e. The van der Waals surface area contributed by atoms with Crippen LogP contribution in [0.25, 0.3) is 0 Å². The van der Waals surface area contributed by atoms with E-state index in [1.165, 1.54) is 0 Å². The summed E-state index contributed by atoms with van der Waals surface area (Å²) < 4.78 is 0. The van der Waals surface area contributed by atoms with Gasteiger partial charge < -0.3 is 16.4 Å². The van der Waals surface area contributed by atoms with Crippen LogP contribution in [0.1, 0.15) is 33.1 Å². The maximum atomic E-state index is 10.3. The van der Waals surface area contributed by atoms with E-state index in [1.54, 1.807) is 0 Å². The molecule has 0 radical (unpaired) electrons. The summed E-state index contributed by atoms with van der Waals surface area (Å²) in [6.07, 6.45) is 3.24. The van der Waals surface area contributed by atoms with Crippen molar-refractivity contribution in [2.24, 2.45) is 5.73 Å². The van der Waals surface area contributed by atoms with Gasteiger partial charge in [-0.25, -0.2) is 4.79 Å². The van der Waals surface area contributed by atoms with Crippen LogP contribution >= 0.6 is 0 Å². The first-order valence-corrected chi connectivity index (χ1v) is 4.97. The number of hydrogen-bond acceptors (Lipinski definition) is 2. The van der Waals surface area contributed by atoms with Gasteiger partial charge in [-0.1, -0.05) is 13.8 Å². The van der Waals surface area contributed by atoms with Gasteiger partial charge in [0.05, 0.1) is 0 Å². The molecule has 0 bridgehead atoms. The summed E-state index contributed by atoms with van der Waals surface area (Å²) in [4.78, 5) is 10.3. The van der Waals surface area contributed by atoms with Gasteiger partial charge in [-0.15, -0.1) is 0 Å². The Balaban J connectivity index is 3.19. The standard InChI is InChI=1S/C9H21N3O/c1-3-8(4-2)11-6-5-7-12-9(10)13/h8,11H,3-7H2,1-2H3,(H3,10,12,13). The molecule has 13 heavy (non-hydrogen) atoms. The molecule has 0 aromatic heterocycles. The highest BCUT2D eigenvalue weighted by atomic mass is 16.2. The zero-order valence-corrected chi connectivity index (χ0v) is 8.60. The fraction of sp³-hybridized carbons (Fsp3) is 0.889. The van der Waals surface area contributed by atoms with E-state index in [9.17, 15) is 4.79 Å². The predicted octanol–water partition coefficient (Wildman–Crippen LogP) is 0.823. The van der Waals surface area contributed by atoms with Crippen molar-refractivity contribution in [3.63, 3.8) is 0 Å². The minimum absolute atomic E-state index is 0.442. The van der Waals surface area contributed by atoms with E-state index in [1.807, 2.05) is 0 Å². The maximum Gasteiger partial charge on any atom is 0.312 e. The minimum Gasteiger partial charge on any atom is -0.352 e. The third-order valence-corrected chi connectivity index (χ3v) is 2.07. The first-order valence-electron chi connectivity index (χ1n) is 4.97. The predicted molar refractivity (Wildman–Crippen MR) is 54.6 cm³/mol. The van der Waals surface area contributed by atoms with E-state index >= 15 is 0 Å². The number of carbonyl (C=O) groups is 1. The lowest BCUT2D eigenvalue weighted by Gasteiger charge is -2.14. The van der Waals surface area contributed by atoms with Gasteiger partial charge in [-0.05, 0) is 25.8 Å². The Kier molecular flexibility index (Phi) is 7.39. The molecule has 78 valence electrons. The van der Waals surface area contributed by atoms with Gasteiger partial charge in [-0.2, -0.15) is 0 Å². The van der Waals surface area contributed by atoms with Crippen molar-refractivity contribution in [2.75, 3.05) is 13.1 Å². The van der Waals surface area contributed by atoms with Crippen LogP contribution in [0.5, 0.6) is 0 Å². The highest BCUT2D eigenvalue weighted by Crippen LogP contribution is 1.95. The number of urea groups is 1. The summed E-state index contributed by atoms with van der Waals surface area (Å²) in [7, 11) is 0. The zero-order valence-electron chi connectivity index (χ0n) is 8.60. The third kappa shape index (κ3) is 7.59. The van der Waals surface area contributed by atoms with E-state index in [0.29, 0.717) is 12.6 Å². The monoisotopic (exact) mass is 187 g/mol. The SMILES string of the molecule is CCC(CC)NCCCNC(N)=O. The number of carbonyl (C=O) groups excluding carboxylic acids is 1. The number of primary amides is 1. The quantitative estimate of drug-likeness (QED) is 0.517. The van der Waals surface area contributed by atoms with E-state index < -0.39 is 6.03 Å². The molecular formula is C9H21N3O. The van der Waals surface area contributed by atoms with Crippen LogP contribution in [0.3, 0.4) is 0 Å². The van der Waals surface area contributed by atoms with Crippen molar-refractivity contribution in [1.82, 2.24) is 10.6 Å². The first-order chi connectivity index (χ1) is 6.20. The Morgan fingerprint density at radius 1 is 1.31 bits per heavy atom. The molecule has 2 amide bonds. The molecule has 0 aliphatic rings. The highest BCUT2D eigenvalue weighted by Gasteiger charge is 2.00. The van der Waals surface area contributed by atoms with Crippen molar-refractivity contribution < 1.29 is 4.79 Å². The Morgan fingerprint density at radius 2 is 1.92 bits per heavy atom. The minimum atomic E-state index is -0.442. The molecule has 4 N–H and O–H groups in total. The summed E-state index contributed by atoms with van der Waals surface area (Å²) in [5.74, 6) is 0. The lowest BCUT2D eigenvalue weighted by molar-refractivity contribution is 0.248. The zero-order chi connectivity index (χ0) is 10.1. The fourth-order valence-electron chi connectivity index (χ4n) is 1.18. The number of nitrogens with two attached hydrogens (primary N) is 1. The van der Waals surface area contributed by atoms with Crippen LogP contribution in [0.4, 0.5) is 4.79 Å². The van der Waals surface area contributed by atoms with Crippen LogP contribution in [0, 0.1) is 0 Å². The van der Waals surface area contributed by atoms with Gasteiger partial charge in [0.25, 0.3) is 0 Å². The Bertz CT molecular complexity index is 135. The van der Waals surface area contributed by atoms with Crippen LogP contribution in [-0.2, 0) is 0 Å². The van der Waals surface area contributed by atoms with E-state index in [0.717, 1.165) is 25.8 Å². The molecule has 0 atom stereocenters. The van der Waals surface area contributed by atoms with Gasteiger partial charge in [0, 0.05) is 12.6 Å². The van der Waals surface area contributed by atoms with Crippen molar-refractivity contribution in [3.8, 4) is 0 Å². The summed E-state index contributed by atoms with van der Waals surface area (Å²) in [5.41, 5.74) is 4.92. The van der Waals surface area contributed by atoms with Gasteiger partial charge in [0.15, 0.2) is 0 Å². The average Bonchev–Trinajstić information content (AvgIpc) is 2.11.